The van der Waals surface area contributed by atoms with Gasteiger partial charge in [-0.25, -0.2) is 4.68 Å². The van der Waals surface area contributed by atoms with Gasteiger partial charge in [-0.2, -0.15) is 0 Å². The molecule has 8 nitrogen and oxygen atoms in total. The summed E-state index contributed by atoms with van der Waals surface area (Å²) in [5, 5.41) is 14.0. The van der Waals surface area contributed by atoms with E-state index >= 15 is 0 Å². The quantitative estimate of drug-likeness (QED) is 0.374. The summed E-state index contributed by atoms with van der Waals surface area (Å²) in [6.45, 7) is 7.90. The van der Waals surface area contributed by atoms with Gasteiger partial charge < -0.3 is 9.88 Å². The Bertz CT molecular complexity index is 1600. The molecule has 0 bridgehead atoms. The van der Waals surface area contributed by atoms with Crippen molar-refractivity contribution < 1.29 is 0 Å². The number of nitrogens with zero attached hydrogens (tertiary/aromatic N) is 6. The number of fused-ring (bicyclic) bond motifs is 1. The third-order valence-electron chi connectivity index (χ3n) is 7.55. The number of pyridine rings is 1. The highest BCUT2D eigenvalue weighted by Gasteiger charge is 2.33. The number of anilines is 1. The van der Waals surface area contributed by atoms with E-state index in [0.717, 1.165) is 53.8 Å². The predicted octanol–water partition coefficient (Wildman–Crippen LogP) is 4.09. The SMILES string of the molecule is Cc1ccc(C)c2[nH]c(=O)c([C@H](c3nnnn3Cc3ccccc3)N3CCN(c4ccccc4)CC3)cc12. The minimum Gasteiger partial charge on any atom is -0.369 e. The van der Waals surface area contributed by atoms with Gasteiger partial charge in [-0.05, 0) is 59.2 Å². The summed E-state index contributed by atoms with van der Waals surface area (Å²) in [7, 11) is 0. The molecule has 6 rings (SSSR count). The Kier molecular flexibility index (Phi) is 6.47. The first-order valence-corrected chi connectivity index (χ1v) is 13.1. The molecular weight excluding hydrogens is 474 g/mol. The van der Waals surface area contributed by atoms with E-state index in [2.05, 4.69) is 79.7 Å². The molecule has 0 saturated carbocycles. The molecule has 0 radical (unpaired) electrons. The molecule has 0 aliphatic carbocycles. The average Bonchev–Trinajstić information content (AvgIpc) is 3.40. The van der Waals surface area contributed by atoms with Crippen molar-refractivity contribution >= 4 is 16.6 Å². The number of nitrogens with one attached hydrogen (secondary N) is 1. The lowest BCUT2D eigenvalue weighted by molar-refractivity contribution is 0.200. The molecule has 1 aliphatic rings. The molecule has 1 aliphatic heterocycles. The summed E-state index contributed by atoms with van der Waals surface area (Å²) in [5.41, 5.74) is 5.95. The lowest BCUT2D eigenvalue weighted by Gasteiger charge is -2.39. The second-order valence-electron chi connectivity index (χ2n) is 9.98. The number of benzene rings is 3. The normalized spacial score (nSPS) is 15.2. The number of para-hydroxylation sites is 1. The molecule has 8 heteroatoms. The van der Waals surface area contributed by atoms with Crippen LogP contribution in [0.25, 0.3) is 10.9 Å². The second kappa shape index (κ2) is 10.2. The third kappa shape index (κ3) is 4.59. The zero-order chi connectivity index (χ0) is 26.1. The fourth-order valence-corrected chi connectivity index (χ4v) is 5.45. The number of aryl methyl sites for hydroxylation is 2. The van der Waals surface area contributed by atoms with Crippen molar-refractivity contribution in [2.24, 2.45) is 0 Å². The van der Waals surface area contributed by atoms with Gasteiger partial charge >= 0.3 is 0 Å². The molecule has 0 unspecified atom stereocenters. The van der Waals surface area contributed by atoms with E-state index in [1.54, 1.807) is 0 Å². The first kappa shape index (κ1) is 24.1. The van der Waals surface area contributed by atoms with E-state index < -0.39 is 0 Å². The van der Waals surface area contributed by atoms with Gasteiger partial charge in [0.15, 0.2) is 5.82 Å². The lowest BCUT2D eigenvalue weighted by atomic mass is 9.99. The summed E-state index contributed by atoms with van der Waals surface area (Å²) in [5.74, 6) is 0.678. The minimum atomic E-state index is -0.375. The number of aromatic nitrogens is 5. The van der Waals surface area contributed by atoms with Gasteiger partial charge in [0.2, 0.25) is 0 Å². The lowest BCUT2D eigenvalue weighted by Crippen LogP contribution is -2.49. The largest absolute Gasteiger partial charge is 0.369 e. The maximum Gasteiger partial charge on any atom is 0.253 e. The van der Waals surface area contributed by atoms with Gasteiger partial charge in [0, 0.05) is 42.8 Å². The van der Waals surface area contributed by atoms with Crippen LogP contribution in [-0.4, -0.2) is 56.3 Å². The molecule has 5 aromatic rings. The van der Waals surface area contributed by atoms with Crippen LogP contribution in [0.5, 0.6) is 0 Å². The third-order valence-corrected chi connectivity index (χ3v) is 7.55. The van der Waals surface area contributed by atoms with E-state index in [-0.39, 0.29) is 11.6 Å². The topological polar surface area (TPSA) is 82.9 Å². The van der Waals surface area contributed by atoms with Crippen LogP contribution in [0.2, 0.25) is 0 Å². The number of hydrogen-bond donors (Lipinski definition) is 1. The molecule has 3 aromatic carbocycles. The fraction of sp³-hybridized carbons (Fsp3) is 0.267. The summed E-state index contributed by atoms with van der Waals surface area (Å²) < 4.78 is 1.83. The monoisotopic (exact) mass is 505 g/mol. The Morgan fingerprint density at radius 3 is 2.29 bits per heavy atom. The zero-order valence-corrected chi connectivity index (χ0v) is 21.7. The first-order chi connectivity index (χ1) is 18.6. The summed E-state index contributed by atoms with van der Waals surface area (Å²) in [6.07, 6.45) is 0. The molecule has 2 aromatic heterocycles. The van der Waals surface area contributed by atoms with Gasteiger partial charge in [-0.3, -0.25) is 9.69 Å². The Hall–Kier alpha value is -4.30. The van der Waals surface area contributed by atoms with E-state index in [9.17, 15) is 4.79 Å². The van der Waals surface area contributed by atoms with Crippen LogP contribution in [0.4, 0.5) is 5.69 Å². The Balaban J connectivity index is 1.42. The smallest absolute Gasteiger partial charge is 0.253 e. The number of H-pyrrole nitrogens is 1. The van der Waals surface area contributed by atoms with E-state index in [1.807, 2.05) is 48.0 Å². The fourth-order valence-electron chi connectivity index (χ4n) is 5.45. The molecular formula is C30H31N7O. The Labute approximate surface area is 221 Å². The van der Waals surface area contributed by atoms with Crippen molar-refractivity contribution in [3.63, 3.8) is 0 Å². The van der Waals surface area contributed by atoms with Crippen molar-refractivity contribution in [1.29, 1.82) is 0 Å². The molecule has 192 valence electrons. The Morgan fingerprint density at radius 2 is 1.55 bits per heavy atom. The average molecular weight is 506 g/mol. The van der Waals surface area contributed by atoms with Crippen LogP contribution < -0.4 is 10.5 Å². The number of aromatic amines is 1. The van der Waals surface area contributed by atoms with Crippen LogP contribution in [0.3, 0.4) is 0 Å². The number of rotatable bonds is 6. The van der Waals surface area contributed by atoms with Crippen molar-refractivity contribution in [2.75, 3.05) is 31.1 Å². The molecule has 1 saturated heterocycles. The molecule has 0 spiro atoms. The first-order valence-electron chi connectivity index (χ1n) is 13.1. The standard InChI is InChI=1S/C30H31N7O/c1-21-13-14-22(2)27-25(21)19-26(30(38)31-27)28(29-32-33-34-37(29)20-23-9-5-3-6-10-23)36-17-15-35(16-18-36)24-11-7-4-8-12-24/h3-14,19,28H,15-18,20H2,1-2H3,(H,31,38)/t28-/m1/s1. The van der Waals surface area contributed by atoms with Crippen molar-refractivity contribution in [2.45, 2.75) is 26.4 Å². The molecule has 1 N–H and O–H groups in total. The number of hydrogen-bond acceptors (Lipinski definition) is 6. The second-order valence-corrected chi connectivity index (χ2v) is 9.98. The van der Waals surface area contributed by atoms with Crippen LogP contribution in [-0.2, 0) is 6.54 Å². The number of tetrazole rings is 1. The highest BCUT2D eigenvalue weighted by atomic mass is 16.1. The van der Waals surface area contributed by atoms with Crippen molar-refractivity contribution in [3.05, 3.63) is 117 Å². The van der Waals surface area contributed by atoms with Gasteiger partial charge in [0.1, 0.15) is 6.04 Å². The Morgan fingerprint density at radius 1 is 0.868 bits per heavy atom. The minimum absolute atomic E-state index is 0.101. The summed E-state index contributed by atoms with van der Waals surface area (Å²) >= 11 is 0. The van der Waals surface area contributed by atoms with Gasteiger partial charge in [0.05, 0.1) is 12.1 Å². The molecule has 1 atom stereocenters. The highest BCUT2D eigenvalue weighted by Crippen LogP contribution is 2.30. The summed E-state index contributed by atoms with van der Waals surface area (Å²) in [4.78, 5) is 21.6. The van der Waals surface area contributed by atoms with E-state index in [4.69, 9.17) is 0 Å². The van der Waals surface area contributed by atoms with Crippen LogP contribution in [0.1, 0.15) is 34.1 Å². The predicted molar refractivity (Wildman–Crippen MR) is 149 cm³/mol. The van der Waals surface area contributed by atoms with E-state index in [1.165, 1.54) is 5.69 Å². The van der Waals surface area contributed by atoms with Gasteiger partial charge in [0.25, 0.3) is 5.56 Å². The molecule has 0 amide bonds. The van der Waals surface area contributed by atoms with E-state index in [0.29, 0.717) is 17.9 Å². The van der Waals surface area contributed by atoms with Crippen molar-refractivity contribution in [1.82, 2.24) is 30.1 Å². The van der Waals surface area contributed by atoms with Gasteiger partial charge in [-0.1, -0.05) is 60.7 Å². The zero-order valence-electron chi connectivity index (χ0n) is 21.7. The van der Waals surface area contributed by atoms with Crippen LogP contribution in [0.15, 0.2) is 83.7 Å². The van der Waals surface area contributed by atoms with Crippen molar-refractivity contribution in [3.8, 4) is 0 Å². The van der Waals surface area contributed by atoms with Crippen LogP contribution in [0, 0.1) is 13.8 Å². The molecule has 3 heterocycles. The maximum absolute atomic E-state index is 13.7. The summed E-state index contributed by atoms with van der Waals surface area (Å²) in [6, 6.07) is 26.4. The maximum atomic E-state index is 13.7. The molecule has 1 fully saturated rings. The highest BCUT2D eigenvalue weighted by molar-refractivity contribution is 5.85. The number of piperazine rings is 1. The molecule has 38 heavy (non-hydrogen) atoms. The van der Waals surface area contributed by atoms with Gasteiger partial charge in [-0.15, -0.1) is 5.10 Å². The van der Waals surface area contributed by atoms with Crippen LogP contribution >= 0.6 is 0 Å².